The normalized spacial score (nSPS) is 10.4. The molecule has 11 heavy (non-hydrogen) atoms. The molecule has 0 radical (unpaired) electrons. The van der Waals surface area contributed by atoms with Crippen LogP contribution in [0.4, 0.5) is 0 Å². The molecule has 0 saturated heterocycles. The monoisotopic (exact) mass is 156 g/mol. The molecular weight excluding hydrogens is 139 g/mol. The molecule has 0 amide bonds. The summed E-state index contributed by atoms with van der Waals surface area (Å²) in [6.45, 7) is 2.20. The molecule has 1 N–H and O–H groups in total. The van der Waals surface area contributed by atoms with E-state index in [4.69, 9.17) is 5.02 Å². The molecule has 0 spiro atoms. The van der Waals surface area contributed by atoms with Gasteiger partial charge in [-0.05, 0) is 12.8 Å². The van der Waals surface area contributed by atoms with E-state index in [0.29, 0.717) is 0 Å². The van der Waals surface area contributed by atoms with Crippen molar-refractivity contribution in [1.29, 1.82) is 0 Å². The second-order valence-electron chi connectivity index (χ2n) is 2.52. The van der Waals surface area contributed by atoms with Crippen LogP contribution in [0.25, 0.3) is 0 Å². The van der Waals surface area contributed by atoms with Crippen molar-refractivity contribution in [3.63, 3.8) is 0 Å². The first-order valence-corrected chi connectivity index (χ1v) is 4.29. The zero-order chi connectivity index (χ0) is 8.36. The van der Waals surface area contributed by atoms with Gasteiger partial charge in [-0.3, -0.25) is 0 Å². The predicted octanol–water partition coefficient (Wildman–Crippen LogP) is 1.75. The summed E-state index contributed by atoms with van der Waals surface area (Å²) >= 11 is 0. The highest BCUT2D eigenvalue weighted by molar-refractivity contribution is 6.16. The summed E-state index contributed by atoms with van der Waals surface area (Å²) in [6, 6.07) is 0. The molecule has 0 saturated carbocycles. The van der Waals surface area contributed by atoms with E-state index >= 15 is 0 Å². The average molecular weight is 156 g/mol. The van der Waals surface area contributed by atoms with Crippen molar-refractivity contribution >= 4 is 7.69 Å². The van der Waals surface area contributed by atoms with Gasteiger partial charge in [0.2, 0.25) is 0 Å². The summed E-state index contributed by atoms with van der Waals surface area (Å²) in [4.78, 5) is 0. The average Bonchev–Trinajstić information content (AvgIpc) is 2.03. The largest absolute Gasteiger partial charge is 0.545 e. The Hall–Kier alpha value is -0.435. The highest BCUT2D eigenvalue weighted by Crippen LogP contribution is 2.02. The first-order valence-electron chi connectivity index (χ1n) is 4.29. The van der Waals surface area contributed by atoms with Crippen molar-refractivity contribution < 1.29 is 9.68 Å². The quantitative estimate of drug-likeness (QED) is 0.345. The molecule has 3 heteroatoms. The molecule has 0 atom stereocenters. The molecule has 2 nitrogen and oxygen atoms in total. The van der Waals surface area contributed by atoms with Gasteiger partial charge in [0.25, 0.3) is 0 Å². The molecule has 0 bridgehead atoms. The summed E-state index contributed by atoms with van der Waals surface area (Å²) in [6.07, 6.45) is 9.67. The Kier molecular flexibility index (Phi) is 9.19. The molecule has 0 aromatic rings. The van der Waals surface area contributed by atoms with E-state index in [0.717, 1.165) is 6.42 Å². The lowest BCUT2D eigenvalue weighted by Crippen LogP contribution is -1.87. The Balaban J connectivity index is 2.89. The van der Waals surface area contributed by atoms with E-state index in [2.05, 4.69) is 11.6 Å². The first kappa shape index (κ1) is 10.6. The van der Waals surface area contributed by atoms with E-state index in [1.54, 1.807) is 6.26 Å². The smallest absolute Gasteiger partial charge is 0.503 e. The standard InChI is InChI=1S/C8H17BO2/c1-2-3-4-5-6-7-8-11-9-10/h7-10H,2-6H2,1H3. The van der Waals surface area contributed by atoms with Gasteiger partial charge < -0.3 is 9.68 Å². The molecule has 0 aliphatic heterocycles. The highest BCUT2D eigenvalue weighted by Gasteiger charge is 1.84. The number of rotatable bonds is 7. The molecule has 0 aromatic heterocycles. The minimum Gasteiger partial charge on any atom is -0.545 e. The van der Waals surface area contributed by atoms with Crippen molar-refractivity contribution in [2.24, 2.45) is 0 Å². The SMILES string of the molecule is CCCCCCC=COBO. The van der Waals surface area contributed by atoms with E-state index in [9.17, 15) is 0 Å². The maximum absolute atomic E-state index is 8.23. The van der Waals surface area contributed by atoms with Crippen molar-refractivity contribution in [2.75, 3.05) is 0 Å². The summed E-state index contributed by atoms with van der Waals surface area (Å²) in [7, 11) is -0.217. The van der Waals surface area contributed by atoms with Crippen LogP contribution in [0.3, 0.4) is 0 Å². The molecule has 0 fully saturated rings. The van der Waals surface area contributed by atoms with Crippen LogP contribution in [-0.2, 0) is 4.65 Å². The topological polar surface area (TPSA) is 29.5 Å². The van der Waals surface area contributed by atoms with E-state index < -0.39 is 0 Å². The van der Waals surface area contributed by atoms with Crippen molar-refractivity contribution in [2.45, 2.75) is 39.0 Å². The minimum atomic E-state index is -0.217. The fourth-order valence-electron chi connectivity index (χ4n) is 0.868. The summed E-state index contributed by atoms with van der Waals surface area (Å²) in [5.41, 5.74) is 0. The van der Waals surface area contributed by atoms with Crippen LogP contribution in [0, 0.1) is 0 Å². The second-order valence-corrected chi connectivity index (χ2v) is 2.52. The number of allylic oxidation sites excluding steroid dienone is 1. The Bertz CT molecular complexity index is 94.1. The maximum Gasteiger partial charge on any atom is 0.503 e. The Morgan fingerprint density at radius 3 is 2.82 bits per heavy atom. The number of hydrogen-bond acceptors (Lipinski definition) is 2. The minimum absolute atomic E-state index is 0.217. The van der Waals surface area contributed by atoms with Crippen molar-refractivity contribution in [3.8, 4) is 0 Å². The van der Waals surface area contributed by atoms with Crippen LogP contribution in [0.1, 0.15) is 39.0 Å². The zero-order valence-electron chi connectivity index (χ0n) is 7.25. The summed E-state index contributed by atoms with van der Waals surface area (Å²) in [5.74, 6) is 0. The fraction of sp³-hybridized carbons (Fsp3) is 0.750. The lowest BCUT2D eigenvalue weighted by atomic mass is 10.1. The maximum atomic E-state index is 8.23. The zero-order valence-corrected chi connectivity index (χ0v) is 7.25. The molecule has 0 rings (SSSR count). The Labute approximate surface area is 69.6 Å². The van der Waals surface area contributed by atoms with Gasteiger partial charge in [0.1, 0.15) is 0 Å². The van der Waals surface area contributed by atoms with Crippen LogP contribution < -0.4 is 0 Å². The van der Waals surface area contributed by atoms with Crippen molar-refractivity contribution in [3.05, 3.63) is 12.3 Å². The third kappa shape index (κ3) is 9.56. The molecule has 0 unspecified atom stereocenters. The van der Waals surface area contributed by atoms with Gasteiger partial charge in [0.05, 0.1) is 6.26 Å². The van der Waals surface area contributed by atoms with Crippen LogP contribution in [0.2, 0.25) is 0 Å². The first-order chi connectivity index (χ1) is 5.41. The molecule has 0 heterocycles. The number of hydrogen-bond donors (Lipinski definition) is 1. The molecule has 64 valence electrons. The second kappa shape index (κ2) is 9.56. The van der Waals surface area contributed by atoms with Crippen LogP contribution in [-0.4, -0.2) is 12.7 Å². The third-order valence-electron chi connectivity index (χ3n) is 1.49. The van der Waals surface area contributed by atoms with Crippen molar-refractivity contribution in [1.82, 2.24) is 0 Å². The van der Waals surface area contributed by atoms with E-state index in [-0.39, 0.29) is 7.69 Å². The van der Waals surface area contributed by atoms with Gasteiger partial charge in [-0.2, -0.15) is 0 Å². The van der Waals surface area contributed by atoms with Gasteiger partial charge in [-0.25, -0.2) is 0 Å². The van der Waals surface area contributed by atoms with Gasteiger partial charge in [0, 0.05) is 0 Å². The lowest BCUT2D eigenvalue weighted by Gasteiger charge is -1.94. The van der Waals surface area contributed by atoms with E-state index in [1.807, 2.05) is 6.08 Å². The Morgan fingerprint density at radius 1 is 1.36 bits per heavy atom. The van der Waals surface area contributed by atoms with Crippen LogP contribution in [0.15, 0.2) is 12.3 Å². The van der Waals surface area contributed by atoms with Gasteiger partial charge in [-0.1, -0.05) is 32.3 Å². The Morgan fingerprint density at radius 2 is 2.18 bits per heavy atom. The fourth-order valence-corrected chi connectivity index (χ4v) is 0.868. The van der Waals surface area contributed by atoms with Gasteiger partial charge in [-0.15, -0.1) is 0 Å². The van der Waals surface area contributed by atoms with Gasteiger partial charge in [0.15, 0.2) is 0 Å². The lowest BCUT2D eigenvalue weighted by molar-refractivity contribution is 0.404. The highest BCUT2D eigenvalue weighted by atomic mass is 16.5. The summed E-state index contributed by atoms with van der Waals surface area (Å²) in [5, 5.41) is 8.23. The molecule has 0 aromatic carbocycles. The summed E-state index contributed by atoms with van der Waals surface area (Å²) < 4.78 is 4.62. The van der Waals surface area contributed by atoms with Crippen LogP contribution in [0.5, 0.6) is 0 Å². The van der Waals surface area contributed by atoms with E-state index in [1.165, 1.54) is 25.7 Å². The third-order valence-corrected chi connectivity index (χ3v) is 1.49. The predicted molar refractivity (Wildman–Crippen MR) is 48.4 cm³/mol. The van der Waals surface area contributed by atoms with Gasteiger partial charge >= 0.3 is 7.69 Å². The van der Waals surface area contributed by atoms with Crippen LogP contribution >= 0.6 is 0 Å². The molecule has 0 aliphatic carbocycles. The number of unbranched alkanes of at least 4 members (excludes halogenated alkanes) is 4. The molecule has 0 aliphatic rings. The molecular formula is C8H17BO2.